The highest BCUT2D eigenvalue weighted by molar-refractivity contribution is 5.80. The van der Waals surface area contributed by atoms with Crippen LogP contribution < -0.4 is 10.5 Å². The average Bonchev–Trinajstić information content (AvgIpc) is 2.69. The van der Waals surface area contributed by atoms with Gasteiger partial charge in [0, 0.05) is 45.8 Å². The number of hydrogen-bond donors (Lipinski definition) is 1. The van der Waals surface area contributed by atoms with Crippen molar-refractivity contribution in [3.8, 4) is 5.75 Å². The summed E-state index contributed by atoms with van der Waals surface area (Å²) in [6, 6.07) is 9.38. The number of benzene rings is 1. The van der Waals surface area contributed by atoms with Gasteiger partial charge in [-0.3, -0.25) is 9.69 Å². The summed E-state index contributed by atoms with van der Waals surface area (Å²) in [5.41, 5.74) is 5.36. The summed E-state index contributed by atoms with van der Waals surface area (Å²) in [6.07, 6.45) is 1.68. The molecular formula is C19H28N4O3. The summed E-state index contributed by atoms with van der Waals surface area (Å²) in [5.74, 6) is 0.943. The van der Waals surface area contributed by atoms with E-state index in [1.807, 2.05) is 35.2 Å². The maximum absolute atomic E-state index is 12.7. The molecule has 0 saturated carbocycles. The van der Waals surface area contributed by atoms with Crippen LogP contribution in [0.4, 0.5) is 4.79 Å². The second-order valence-electron chi connectivity index (χ2n) is 6.95. The zero-order valence-electron chi connectivity index (χ0n) is 15.2. The van der Waals surface area contributed by atoms with Gasteiger partial charge in [0.25, 0.3) is 0 Å². The fourth-order valence-corrected chi connectivity index (χ4v) is 3.64. The fourth-order valence-electron chi connectivity index (χ4n) is 3.64. The first kappa shape index (κ1) is 18.5. The molecule has 1 aromatic rings. The first-order valence-corrected chi connectivity index (χ1v) is 9.37. The second kappa shape index (κ2) is 8.89. The summed E-state index contributed by atoms with van der Waals surface area (Å²) in [5, 5.41) is 0. The quantitative estimate of drug-likeness (QED) is 0.850. The summed E-state index contributed by atoms with van der Waals surface area (Å²) in [4.78, 5) is 29.9. The van der Waals surface area contributed by atoms with Crippen molar-refractivity contribution in [3.63, 3.8) is 0 Å². The minimum absolute atomic E-state index is 0.107. The highest BCUT2D eigenvalue weighted by Crippen LogP contribution is 2.19. The van der Waals surface area contributed by atoms with Crippen LogP contribution >= 0.6 is 0 Å². The van der Waals surface area contributed by atoms with Crippen LogP contribution in [0, 0.1) is 5.92 Å². The highest BCUT2D eigenvalue weighted by atomic mass is 16.5. The smallest absolute Gasteiger partial charge is 0.314 e. The number of para-hydroxylation sites is 1. The van der Waals surface area contributed by atoms with Gasteiger partial charge in [-0.15, -0.1) is 0 Å². The summed E-state index contributed by atoms with van der Waals surface area (Å²) >= 11 is 0. The molecule has 0 bridgehead atoms. The first-order valence-electron chi connectivity index (χ1n) is 9.37. The van der Waals surface area contributed by atoms with Crippen LogP contribution in [-0.2, 0) is 4.79 Å². The number of amides is 3. The van der Waals surface area contributed by atoms with Crippen molar-refractivity contribution < 1.29 is 14.3 Å². The SMILES string of the molecule is NC(=O)N1CCCC(C(=O)N2CCN(CCOc3ccccc3)CC2)C1. The molecule has 2 heterocycles. The van der Waals surface area contributed by atoms with Crippen molar-refractivity contribution in [3.05, 3.63) is 30.3 Å². The molecule has 2 fully saturated rings. The highest BCUT2D eigenvalue weighted by Gasteiger charge is 2.31. The first-order chi connectivity index (χ1) is 12.6. The molecule has 1 unspecified atom stereocenters. The molecule has 2 aliphatic rings. The Kier molecular flexibility index (Phi) is 6.33. The molecule has 1 atom stereocenters. The van der Waals surface area contributed by atoms with Gasteiger partial charge >= 0.3 is 6.03 Å². The third-order valence-corrected chi connectivity index (χ3v) is 5.19. The van der Waals surface area contributed by atoms with E-state index in [1.54, 1.807) is 4.90 Å². The van der Waals surface area contributed by atoms with Gasteiger partial charge in [0.1, 0.15) is 12.4 Å². The number of ether oxygens (including phenoxy) is 1. The van der Waals surface area contributed by atoms with E-state index in [9.17, 15) is 9.59 Å². The topological polar surface area (TPSA) is 79.1 Å². The molecule has 142 valence electrons. The van der Waals surface area contributed by atoms with Crippen molar-refractivity contribution in [2.24, 2.45) is 11.7 Å². The van der Waals surface area contributed by atoms with Gasteiger partial charge in [0.15, 0.2) is 0 Å². The minimum Gasteiger partial charge on any atom is -0.492 e. The Morgan fingerprint density at radius 2 is 1.77 bits per heavy atom. The van der Waals surface area contributed by atoms with Gasteiger partial charge in [-0.2, -0.15) is 0 Å². The monoisotopic (exact) mass is 360 g/mol. The maximum atomic E-state index is 12.7. The van der Waals surface area contributed by atoms with Gasteiger partial charge in [0.2, 0.25) is 5.91 Å². The van der Waals surface area contributed by atoms with E-state index >= 15 is 0 Å². The Labute approximate surface area is 154 Å². The van der Waals surface area contributed by atoms with Crippen molar-refractivity contribution >= 4 is 11.9 Å². The molecular weight excluding hydrogens is 332 g/mol. The van der Waals surface area contributed by atoms with E-state index in [0.717, 1.165) is 51.3 Å². The van der Waals surface area contributed by atoms with Crippen LogP contribution in [-0.4, -0.2) is 79.1 Å². The molecule has 7 heteroatoms. The predicted octanol–water partition coefficient (Wildman–Crippen LogP) is 1.00. The normalized spacial score (nSPS) is 21.5. The standard InChI is InChI=1S/C19H28N4O3/c20-19(25)23-8-4-5-16(15-23)18(24)22-11-9-21(10-12-22)13-14-26-17-6-2-1-3-7-17/h1-3,6-7,16H,4-5,8-15H2,(H2,20,25). The van der Waals surface area contributed by atoms with Gasteiger partial charge < -0.3 is 20.3 Å². The number of rotatable bonds is 5. The molecule has 2 saturated heterocycles. The number of urea groups is 1. The largest absolute Gasteiger partial charge is 0.492 e. The summed E-state index contributed by atoms with van der Waals surface area (Å²) in [6.45, 7) is 5.80. The number of piperidine rings is 1. The van der Waals surface area contributed by atoms with Crippen LogP contribution in [0.5, 0.6) is 5.75 Å². The number of likely N-dealkylation sites (tertiary alicyclic amines) is 1. The molecule has 0 aromatic heterocycles. The Balaban J connectivity index is 1.39. The lowest BCUT2D eigenvalue weighted by Gasteiger charge is -2.38. The molecule has 7 nitrogen and oxygen atoms in total. The van der Waals surface area contributed by atoms with Crippen LogP contribution in [0.3, 0.4) is 0 Å². The number of nitrogens with two attached hydrogens (primary N) is 1. The van der Waals surface area contributed by atoms with Crippen molar-refractivity contribution in [1.82, 2.24) is 14.7 Å². The maximum Gasteiger partial charge on any atom is 0.314 e. The van der Waals surface area contributed by atoms with Crippen molar-refractivity contribution in [1.29, 1.82) is 0 Å². The van der Waals surface area contributed by atoms with Gasteiger partial charge in [-0.25, -0.2) is 4.79 Å². The fraction of sp³-hybridized carbons (Fsp3) is 0.579. The van der Waals surface area contributed by atoms with E-state index in [0.29, 0.717) is 19.7 Å². The zero-order valence-corrected chi connectivity index (χ0v) is 15.2. The van der Waals surface area contributed by atoms with E-state index in [4.69, 9.17) is 10.5 Å². The molecule has 2 N–H and O–H groups in total. The minimum atomic E-state index is -0.425. The number of piperazine rings is 1. The lowest BCUT2D eigenvalue weighted by molar-refractivity contribution is -0.138. The van der Waals surface area contributed by atoms with Crippen LogP contribution in [0.1, 0.15) is 12.8 Å². The van der Waals surface area contributed by atoms with Crippen molar-refractivity contribution in [2.45, 2.75) is 12.8 Å². The number of hydrogen-bond acceptors (Lipinski definition) is 4. The molecule has 1 aromatic carbocycles. The molecule has 26 heavy (non-hydrogen) atoms. The van der Waals surface area contributed by atoms with E-state index < -0.39 is 6.03 Å². The molecule has 0 spiro atoms. The van der Waals surface area contributed by atoms with E-state index in [2.05, 4.69) is 4.90 Å². The number of carbonyl (C=O) groups is 2. The Bertz CT molecular complexity index is 602. The molecule has 0 aliphatic carbocycles. The van der Waals surface area contributed by atoms with Gasteiger partial charge in [0.05, 0.1) is 5.92 Å². The van der Waals surface area contributed by atoms with Crippen LogP contribution in [0.15, 0.2) is 30.3 Å². The molecule has 3 rings (SSSR count). The number of primary amides is 1. The van der Waals surface area contributed by atoms with Crippen LogP contribution in [0.2, 0.25) is 0 Å². The van der Waals surface area contributed by atoms with Crippen molar-refractivity contribution in [2.75, 3.05) is 52.4 Å². The zero-order chi connectivity index (χ0) is 18.4. The number of nitrogens with zero attached hydrogens (tertiary/aromatic N) is 3. The number of carbonyl (C=O) groups excluding carboxylic acids is 2. The van der Waals surface area contributed by atoms with Gasteiger partial charge in [-0.05, 0) is 25.0 Å². The predicted molar refractivity (Wildman–Crippen MR) is 98.8 cm³/mol. The van der Waals surface area contributed by atoms with Crippen LogP contribution in [0.25, 0.3) is 0 Å². The summed E-state index contributed by atoms with van der Waals surface area (Å²) < 4.78 is 5.74. The Morgan fingerprint density at radius 1 is 1.04 bits per heavy atom. The Hall–Kier alpha value is -2.28. The molecule has 2 aliphatic heterocycles. The second-order valence-corrected chi connectivity index (χ2v) is 6.95. The third kappa shape index (κ3) is 4.88. The van der Waals surface area contributed by atoms with E-state index in [-0.39, 0.29) is 11.8 Å². The lowest BCUT2D eigenvalue weighted by atomic mass is 9.96. The lowest BCUT2D eigenvalue weighted by Crippen LogP contribution is -2.53. The Morgan fingerprint density at radius 3 is 2.46 bits per heavy atom. The molecule has 3 amide bonds. The average molecular weight is 360 g/mol. The van der Waals surface area contributed by atoms with E-state index in [1.165, 1.54) is 0 Å². The third-order valence-electron chi connectivity index (χ3n) is 5.19. The summed E-state index contributed by atoms with van der Waals surface area (Å²) in [7, 11) is 0. The van der Waals surface area contributed by atoms with Gasteiger partial charge in [-0.1, -0.05) is 18.2 Å². The molecule has 0 radical (unpaired) electrons.